The van der Waals surface area contributed by atoms with Gasteiger partial charge in [-0.2, -0.15) is 9.61 Å². The SMILES string of the molecule is C=C(Nc1ccc(F)cc1)N1CCC(c2cc(NCc3cccnc3)n3ncc(C)c3n2)CC1. The number of pyridine rings is 1. The first-order chi connectivity index (χ1) is 16.6. The summed E-state index contributed by atoms with van der Waals surface area (Å²) in [6, 6.07) is 12.5. The van der Waals surface area contributed by atoms with Crippen LogP contribution < -0.4 is 10.6 Å². The molecule has 0 atom stereocenters. The monoisotopic (exact) mass is 457 g/mol. The Morgan fingerprint density at radius 3 is 2.68 bits per heavy atom. The number of aromatic nitrogens is 4. The van der Waals surface area contributed by atoms with Crippen LogP contribution in [0.5, 0.6) is 0 Å². The summed E-state index contributed by atoms with van der Waals surface area (Å²) < 4.78 is 15.0. The predicted octanol–water partition coefficient (Wildman–Crippen LogP) is 4.95. The quantitative estimate of drug-likeness (QED) is 0.409. The van der Waals surface area contributed by atoms with Crippen molar-refractivity contribution in [3.8, 4) is 0 Å². The van der Waals surface area contributed by atoms with E-state index in [9.17, 15) is 4.39 Å². The van der Waals surface area contributed by atoms with E-state index in [0.717, 1.165) is 65.7 Å². The van der Waals surface area contributed by atoms with Gasteiger partial charge in [0.15, 0.2) is 5.65 Å². The van der Waals surface area contributed by atoms with Gasteiger partial charge >= 0.3 is 0 Å². The Balaban J connectivity index is 1.28. The van der Waals surface area contributed by atoms with E-state index in [1.165, 1.54) is 12.1 Å². The molecule has 8 heteroatoms. The van der Waals surface area contributed by atoms with Gasteiger partial charge in [-0.1, -0.05) is 12.6 Å². The summed E-state index contributed by atoms with van der Waals surface area (Å²) in [5, 5.41) is 11.3. The van der Waals surface area contributed by atoms with Gasteiger partial charge in [-0.05, 0) is 55.7 Å². The van der Waals surface area contributed by atoms with E-state index in [0.29, 0.717) is 12.5 Å². The van der Waals surface area contributed by atoms with Crippen LogP contribution in [0.15, 0.2) is 73.5 Å². The first kappa shape index (κ1) is 21.9. The van der Waals surface area contributed by atoms with Crippen molar-refractivity contribution < 1.29 is 4.39 Å². The Morgan fingerprint density at radius 2 is 1.94 bits per heavy atom. The summed E-state index contributed by atoms with van der Waals surface area (Å²) in [6.07, 6.45) is 7.45. The van der Waals surface area contributed by atoms with Gasteiger partial charge in [0.1, 0.15) is 11.6 Å². The normalized spacial score (nSPS) is 14.4. The van der Waals surface area contributed by atoms with Crippen LogP contribution in [0, 0.1) is 12.7 Å². The predicted molar refractivity (Wildman–Crippen MR) is 132 cm³/mol. The van der Waals surface area contributed by atoms with Gasteiger partial charge in [0.2, 0.25) is 0 Å². The number of halogens is 1. The number of benzene rings is 1. The van der Waals surface area contributed by atoms with Gasteiger partial charge in [-0.25, -0.2) is 9.37 Å². The molecule has 1 aromatic carbocycles. The number of hydrogen-bond donors (Lipinski definition) is 2. The summed E-state index contributed by atoms with van der Waals surface area (Å²) in [7, 11) is 0. The fraction of sp³-hybridized carbons (Fsp3) is 0.269. The molecule has 34 heavy (non-hydrogen) atoms. The lowest BCUT2D eigenvalue weighted by Crippen LogP contribution is -2.34. The zero-order valence-electron chi connectivity index (χ0n) is 19.2. The fourth-order valence-corrected chi connectivity index (χ4v) is 4.35. The number of anilines is 2. The van der Waals surface area contributed by atoms with Crippen molar-refractivity contribution in [1.82, 2.24) is 24.5 Å². The molecule has 4 aromatic rings. The van der Waals surface area contributed by atoms with Crippen LogP contribution in [0.2, 0.25) is 0 Å². The summed E-state index contributed by atoms with van der Waals surface area (Å²) in [5.74, 6) is 1.87. The number of likely N-dealkylation sites (tertiary alicyclic amines) is 1. The topological polar surface area (TPSA) is 70.4 Å². The summed E-state index contributed by atoms with van der Waals surface area (Å²) in [4.78, 5) is 11.4. The van der Waals surface area contributed by atoms with E-state index in [2.05, 4.69) is 44.3 Å². The van der Waals surface area contributed by atoms with Crippen molar-refractivity contribution in [3.05, 3.63) is 96.1 Å². The van der Waals surface area contributed by atoms with Crippen LogP contribution >= 0.6 is 0 Å². The van der Waals surface area contributed by atoms with E-state index >= 15 is 0 Å². The molecule has 5 rings (SSSR count). The second-order valence-electron chi connectivity index (χ2n) is 8.68. The maximum Gasteiger partial charge on any atom is 0.160 e. The molecule has 7 nitrogen and oxygen atoms in total. The summed E-state index contributed by atoms with van der Waals surface area (Å²) in [6.45, 7) is 8.64. The molecule has 4 heterocycles. The molecule has 3 aromatic heterocycles. The zero-order valence-corrected chi connectivity index (χ0v) is 19.2. The molecule has 2 N–H and O–H groups in total. The van der Waals surface area contributed by atoms with Crippen molar-refractivity contribution in [3.63, 3.8) is 0 Å². The van der Waals surface area contributed by atoms with Crippen LogP contribution in [0.1, 0.15) is 35.6 Å². The minimum absolute atomic E-state index is 0.246. The smallest absolute Gasteiger partial charge is 0.160 e. The molecule has 1 fully saturated rings. The molecule has 1 saturated heterocycles. The third-order valence-electron chi connectivity index (χ3n) is 6.29. The van der Waals surface area contributed by atoms with Crippen molar-refractivity contribution in [1.29, 1.82) is 0 Å². The third kappa shape index (κ3) is 4.71. The highest BCUT2D eigenvalue weighted by Gasteiger charge is 2.24. The lowest BCUT2D eigenvalue weighted by molar-refractivity contribution is 0.264. The van der Waals surface area contributed by atoms with Crippen molar-refractivity contribution in [2.24, 2.45) is 0 Å². The molecule has 0 bridgehead atoms. The van der Waals surface area contributed by atoms with Crippen LogP contribution in [-0.2, 0) is 6.54 Å². The van der Waals surface area contributed by atoms with Crippen molar-refractivity contribution in [2.45, 2.75) is 32.2 Å². The average Bonchev–Trinajstić information content (AvgIpc) is 3.25. The third-order valence-corrected chi connectivity index (χ3v) is 6.29. The van der Waals surface area contributed by atoms with Gasteiger partial charge in [-0.15, -0.1) is 0 Å². The number of nitrogens with zero attached hydrogens (tertiary/aromatic N) is 5. The van der Waals surface area contributed by atoms with E-state index in [-0.39, 0.29) is 5.82 Å². The first-order valence-corrected chi connectivity index (χ1v) is 11.5. The molecule has 0 unspecified atom stereocenters. The second kappa shape index (κ2) is 9.51. The first-order valence-electron chi connectivity index (χ1n) is 11.5. The minimum Gasteiger partial charge on any atom is -0.366 e. The van der Waals surface area contributed by atoms with Gasteiger partial charge in [0.05, 0.1) is 12.0 Å². The molecule has 0 amide bonds. The molecule has 0 saturated carbocycles. The Morgan fingerprint density at radius 1 is 1.15 bits per heavy atom. The Labute approximate surface area is 198 Å². The maximum absolute atomic E-state index is 13.2. The molecule has 1 aliphatic heterocycles. The van der Waals surface area contributed by atoms with Crippen LogP contribution in [0.4, 0.5) is 15.9 Å². The van der Waals surface area contributed by atoms with Gasteiger partial charge in [0.25, 0.3) is 0 Å². The molecular formula is C26H28FN7. The Kier molecular flexibility index (Phi) is 6.12. The summed E-state index contributed by atoms with van der Waals surface area (Å²) in [5.41, 5.74) is 4.97. The minimum atomic E-state index is -0.246. The number of nitrogens with one attached hydrogen (secondary N) is 2. The molecule has 174 valence electrons. The van der Waals surface area contributed by atoms with Crippen molar-refractivity contribution >= 4 is 17.2 Å². The fourth-order valence-electron chi connectivity index (χ4n) is 4.35. The molecule has 1 aliphatic rings. The highest BCUT2D eigenvalue weighted by molar-refractivity contribution is 5.54. The molecular weight excluding hydrogens is 429 g/mol. The number of piperidine rings is 1. The molecule has 0 radical (unpaired) electrons. The number of rotatable bonds is 7. The second-order valence-corrected chi connectivity index (χ2v) is 8.68. The van der Waals surface area contributed by atoms with E-state index in [4.69, 9.17) is 4.98 Å². The molecule has 0 spiro atoms. The zero-order chi connectivity index (χ0) is 23.5. The molecule has 0 aliphatic carbocycles. The number of aryl methyl sites for hydroxylation is 1. The van der Waals surface area contributed by atoms with Crippen LogP contribution in [0.25, 0.3) is 5.65 Å². The van der Waals surface area contributed by atoms with Gasteiger partial charge in [0, 0.05) is 61.0 Å². The summed E-state index contributed by atoms with van der Waals surface area (Å²) >= 11 is 0. The highest BCUT2D eigenvalue weighted by atomic mass is 19.1. The Bertz CT molecular complexity index is 1280. The van der Waals surface area contributed by atoms with E-state index in [1.807, 2.05) is 29.9 Å². The van der Waals surface area contributed by atoms with Gasteiger partial charge in [-0.3, -0.25) is 4.98 Å². The van der Waals surface area contributed by atoms with Crippen molar-refractivity contribution in [2.75, 3.05) is 23.7 Å². The largest absolute Gasteiger partial charge is 0.366 e. The van der Waals surface area contributed by atoms with E-state index < -0.39 is 0 Å². The van der Waals surface area contributed by atoms with Gasteiger partial charge < -0.3 is 15.5 Å². The average molecular weight is 458 g/mol. The van der Waals surface area contributed by atoms with Crippen LogP contribution in [-0.4, -0.2) is 37.6 Å². The highest BCUT2D eigenvalue weighted by Crippen LogP contribution is 2.31. The lowest BCUT2D eigenvalue weighted by atomic mass is 9.93. The lowest BCUT2D eigenvalue weighted by Gasteiger charge is -2.34. The number of fused-ring (bicyclic) bond motifs is 1. The van der Waals surface area contributed by atoms with E-state index in [1.54, 1.807) is 18.3 Å². The maximum atomic E-state index is 13.2. The Hall–Kier alpha value is -3.94. The number of hydrogen-bond acceptors (Lipinski definition) is 6. The standard InChI is InChI=1S/C26H28FN7/c1-18-15-30-34-25(29-17-20-4-3-11-28-16-20)14-24(32-26(18)34)21-9-12-33(13-10-21)19(2)31-23-7-5-22(27)6-8-23/h3-8,11,14-16,21,29,31H,2,9-10,12-13,17H2,1H3. The van der Waals surface area contributed by atoms with Crippen LogP contribution in [0.3, 0.4) is 0 Å².